The van der Waals surface area contributed by atoms with E-state index in [-0.39, 0.29) is 47.9 Å². The predicted molar refractivity (Wildman–Crippen MR) is 83.0 cm³/mol. The number of benzene rings is 1. The fraction of sp³-hybridized carbons (Fsp3) is 0.500. The Morgan fingerprint density at radius 1 is 1.52 bits per heavy atom. The van der Waals surface area contributed by atoms with Crippen LogP contribution >= 0.6 is 11.6 Å². The molecule has 1 aromatic carbocycles. The highest BCUT2D eigenvalue weighted by molar-refractivity contribution is 6.18. The Morgan fingerprint density at radius 3 is 2.91 bits per heavy atom. The quantitative estimate of drug-likeness (QED) is 0.265. The number of ether oxygens (including phenoxy) is 3. The van der Waals surface area contributed by atoms with E-state index in [9.17, 15) is 14.9 Å². The second-order valence-electron chi connectivity index (χ2n) is 4.90. The molecule has 126 valence electrons. The maximum Gasteiger partial charge on any atom is 0.344 e. The zero-order chi connectivity index (χ0) is 16.8. The number of anilines is 1. The second kappa shape index (κ2) is 7.98. The van der Waals surface area contributed by atoms with Gasteiger partial charge in [-0.05, 0) is 18.9 Å². The summed E-state index contributed by atoms with van der Waals surface area (Å²) in [5.41, 5.74) is 4.92. The van der Waals surface area contributed by atoms with Crippen molar-refractivity contribution in [3.05, 3.63) is 27.8 Å². The van der Waals surface area contributed by atoms with Crippen LogP contribution in [0.4, 0.5) is 11.4 Å². The molecule has 23 heavy (non-hydrogen) atoms. The van der Waals surface area contributed by atoms with E-state index >= 15 is 0 Å². The maximum atomic E-state index is 12.1. The Labute approximate surface area is 137 Å². The first-order chi connectivity index (χ1) is 11.0. The third-order valence-electron chi connectivity index (χ3n) is 3.34. The topological polar surface area (TPSA) is 114 Å². The highest BCUT2D eigenvalue weighted by Gasteiger charge is 2.26. The zero-order valence-corrected chi connectivity index (χ0v) is 13.1. The van der Waals surface area contributed by atoms with Crippen LogP contribution in [-0.4, -0.2) is 42.7 Å². The van der Waals surface area contributed by atoms with Crippen LogP contribution in [0.5, 0.6) is 5.75 Å². The summed E-state index contributed by atoms with van der Waals surface area (Å²) in [6.45, 7) is 0.863. The van der Waals surface area contributed by atoms with Crippen molar-refractivity contribution in [1.82, 2.24) is 0 Å². The van der Waals surface area contributed by atoms with Gasteiger partial charge in [0.2, 0.25) is 0 Å². The van der Waals surface area contributed by atoms with E-state index in [1.165, 1.54) is 12.1 Å². The van der Waals surface area contributed by atoms with Crippen LogP contribution in [0, 0.1) is 10.1 Å². The van der Waals surface area contributed by atoms with E-state index in [1.807, 2.05) is 0 Å². The number of hydrogen-bond acceptors (Lipinski definition) is 7. The number of nitrogen functional groups attached to an aromatic ring is 1. The number of halogens is 1. The number of nitro groups is 1. The third kappa shape index (κ3) is 4.23. The van der Waals surface area contributed by atoms with Crippen LogP contribution in [0.25, 0.3) is 0 Å². The smallest absolute Gasteiger partial charge is 0.344 e. The van der Waals surface area contributed by atoms with E-state index in [0.29, 0.717) is 6.61 Å². The molecule has 1 saturated heterocycles. The molecule has 1 fully saturated rings. The highest BCUT2D eigenvalue weighted by Crippen LogP contribution is 2.33. The number of nitrogens with zero attached hydrogens (tertiary/aromatic N) is 1. The van der Waals surface area contributed by atoms with Crippen LogP contribution in [0.3, 0.4) is 0 Å². The molecule has 1 aliphatic rings. The number of nitro benzene ring substituents is 1. The van der Waals surface area contributed by atoms with Gasteiger partial charge in [-0.25, -0.2) is 4.79 Å². The molecule has 0 saturated carbocycles. The molecule has 0 aliphatic carbocycles. The number of nitrogens with two attached hydrogens (primary N) is 1. The SMILES string of the molecule is Nc1c([N+](=O)[O-])ccc(OCC2CCCO2)c1C(=O)OCCCl. The van der Waals surface area contributed by atoms with Crippen LogP contribution in [-0.2, 0) is 9.47 Å². The Balaban J connectivity index is 2.25. The Bertz CT molecular complexity index is 589. The minimum Gasteiger partial charge on any atom is -0.490 e. The van der Waals surface area contributed by atoms with Gasteiger partial charge in [0.15, 0.2) is 0 Å². The number of rotatable bonds is 7. The summed E-state index contributed by atoms with van der Waals surface area (Å²) in [6, 6.07) is 2.53. The lowest BCUT2D eigenvalue weighted by Gasteiger charge is -2.15. The molecule has 1 atom stereocenters. The van der Waals surface area contributed by atoms with Gasteiger partial charge in [0.1, 0.15) is 30.2 Å². The summed E-state index contributed by atoms with van der Waals surface area (Å²) < 4.78 is 15.9. The predicted octanol–water partition coefficient (Wildman–Crippen LogP) is 2.13. The van der Waals surface area contributed by atoms with Gasteiger partial charge in [0, 0.05) is 12.7 Å². The molecule has 2 rings (SSSR count). The molecule has 8 nitrogen and oxygen atoms in total. The van der Waals surface area contributed by atoms with Crippen molar-refractivity contribution in [2.24, 2.45) is 0 Å². The van der Waals surface area contributed by atoms with Crippen molar-refractivity contribution < 1.29 is 23.9 Å². The number of alkyl halides is 1. The lowest BCUT2D eigenvalue weighted by molar-refractivity contribution is -0.383. The molecule has 1 heterocycles. The second-order valence-corrected chi connectivity index (χ2v) is 5.28. The van der Waals surface area contributed by atoms with Gasteiger partial charge in [0.25, 0.3) is 5.69 Å². The summed E-state index contributed by atoms with van der Waals surface area (Å²) in [5.74, 6) is -0.579. The largest absolute Gasteiger partial charge is 0.490 e. The lowest BCUT2D eigenvalue weighted by Crippen LogP contribution is -2.19. The van der Waals surface area contributed by atoms with E-state index in [1.54, 1.807) is 0 Å². The first kappa shape index (κ1) is 17.3. The standard InChI is InChI=1S/C14H17ClN2O6/c15-5-7-22-14(18)12-11(23-8-9-2-1-6-21-9)4-3-10(13(12)16)17(19)20/h3-4,9H,1-2,5-8,16H2. The molecular formula is C14H17ClN2O6. The first-order valence-electron chi connectivity index (χ1n) is 7.09. The first-order valence-corrected chi connectivity index (χ1v) is 7.62. The van der Waals surface area contributed by atoms with Crippen LogP contribution < -0.4 is 10.5 Å². The van der Waals surface area contributed by atoms with Crippen molar-refractivity contribution in [3.63, 3.8) is 0 Å². The van der Waals surface area contributed by atoms with E-state index < -0.39 is 10.9 Å². The summed E-state index contributed by atoms with van der Waals surface area (Å²) >= 11 is 5.48. The number of hydrogen-bond donors (Lipinski definition) is 1. The van der Waals surface area contributed by atoms with Crippen LogP contribution in [0.1, 0.15) is 23.2 Å². The molecule has 0 spiro atoms. The maximum absolute atomic E-state index is 12.1. The van der Waals surface area contributed by atoms with Crippen molar-refractivity contribution in [1.29, 1.82) is 0 Å². The molecule has 0 bridgehead atoms. The minimum absolute atomic E-state index is 0.0340. The molecule has 1 aromatic rings. The van der Waals surface area contributed by atoms with Gasteiger partial charge in [-0.2, -0.15) is 0 Å². The Morgan fingerprint density at radius 2 is 2.30 bits per heavy atom. The van der Waals surface area contributed by atoms with E-state index in [0.717, 1.165) is 12.8 Å². The summed E-state index contributed by atoms with van der Waals surface area (Å²) in [4.78, 5) is 22.4. The zero-order valence-electron chi connectivity index (χ0n) is 12.3. The third-order valence-corrected chi connectivity index (χ3v) is 3.50. The summed E-state index contributed by atoms with van der Waals surface area (Å²) in [5, 5.41) is 11.0. The summed E-state index contributed by atoms with van der Waals surface area (Å²) in [6.07, 6.45) is 1.73. The van der Waals surface area contributed by atoms with E-state index in [4.69, 9.17) is 31.5 Å². The summed E-state index contributed by atoms with van der Waals surface area (Å²) in [7, 11) is 0. The molecule has 1 unspecified atom stereocenters. The van der Waals surface area contributed by atoms with Crippen molar-refractivity contribution >= 4 is 28.9 Å². The molecule has 2 N–H and O–H groups in total. The fourth-order valence-corrected chi connectivity index (χ4v) is 2.32. The number of carbonyl (C=O) groups excluding carboxylic acids is 1. The lowest BCUT2D eigenvalue weighted by atomic mass is 10.1. The molecule has 1 aliphatic heterocycles. The number of esters is 1. The normalized spacial score (nSPS) is 17.0. The highest BCUT2D eigenvalue weighted by atomic mass is 35.5. The molecule has 0 radical (unpaired) electrons. The number of carbonyl (C=O) groups is 1. The van der Waals surface area contributed by atoms with Gasteiger partial charge in [-0.1, -0.05) is 0 Å². The van der Waals surface area contributed by atoms with Gasteiger partial charge in [-0.15, -0.1) is 11.6 Å². The van der Waals surface area contributed by atoms with Crippen LogP contribution in [0.2, 0.25) is 0 Å². The molecule has 0 aromatic heterocycles. The Hall–Kier alpha value is -2.06. The molecular weight excluding hydrogens is 328 g/mol. The van der Waals surface area contributed by atoms with Crippen molar-refractivity contribution in [2.75, 3.05) is 31.4 Å². The van der Waals surface area contributed by atoms with Crippen LogP contribution in [0.15, 0.2) is 12.1 Å². The minimum atomic E-state index is -0.811. The molecule has 9 heteroatoms. The van der Waals surface area contributed by atoms with Gasteiger partial charge >= 0.3 is 5.97 Å². The average molecular weight is 345 g/mol. The van der Waals surface area contributed by atoms with Gasteiger partial charge in [-0.3, -0.25) is 10.1 Å². The Kier molecular flexibility index (Phi) is 6.00. The van der Waals surface area contributed by atoms with Gasteiger partial charge < -0.3 is 19.9 Å². The average Bonchev–Trinajstić information content (AvgIpc) is 3.03. The molecule has 0 amide bonds. The van der Waals surface area contributed by atoms with Gasteiger partial charge in [0.05, 0.1) is 16.9 Å². The van der Waals surface area contributed by atoms with Crippen molar-refractivity contribution in [2.45, 2.75) is 18.9 Å². The monoisotopic (exact) mass is 344 g/mol. The fourth-order valence-electron chi connectivity index (χ4n) is 2.24. The van der Waals surface area contributed by atoms with E-state index in [2.05, 4.69) is 0 Å². The van der Waals surface area contributed by atoms with Crippen molar-refractivity contribution in [3.8, 4) is 5.75 Å².